The van der Waals surface area contributed by atoms with Crippen molar-refractivity contribution in [2.45, 2.75) is 0 Å². The summed E-state index contributed by atoms with van der Waals surface area (Å²) in [6.07, 6.45) is 7.16. The second-order valence-electron chi connectivity index (χ2n) is 3.35. The predicted molar refractivity (Wildman–Crippen MR) is 77.5 cm³/mol. The van der Waals surface area contributed by atoms with Gasteiger partial charge < -0.3 is 0 Å². The van der Waals surface area contributed by atoms with E-state index in [-0.39, 0.29) is 0 Å². The molecule has 1 aromatic rings. The number of hydrogen-bond acceptors (Lipinski definition) is 2. The Labute approximate surface area is 102 Å². The fourth-order valence-corrected chi connectivity index (χ4v) is 1.61. The highest BCUT2D eigenvalue weighted by molar-refractivity contribution is 5.93. The van der Waals surface area contributed by atoms with Crippen LogP contribution in [-0.2, 0) is 0 Å². The van der Waals surface area contributed by atoms with Crippen molar-refractivity contribution in [2.75, 3.05) is 7.05 Å². The summed E-state index contributed by atoms with van der Waals surface area (Å²) < 4.78 is 0. The third-order valence-electron chi connectivity index (χ3n) is 2.32. The van der Waals surface area contributed by atoms with Gasteiger partial charge in [0.05, 0.1) is 5.69 Å². The minimum Gasteiger partial charge on any atom is -0.296 e. The smallest absolute Gasteiger partial charge is 0.0788 e. The maximum Gasteiger partial charge on any atom is 0.0788 e. The average Bonchev–Trinajstić information content (AvgIpc) is 2.36. The molecule has 86 valence electrons. The lowest BCUT2D eigenvalue weighted by molar-refractivity contribution is 1.44. The summed E-state index contributed by atoms with van der Waals surface area (Å²) in [5, 5.41) is 0. The van der Waals surface area contributed by atoms with Gasteiger partial charge >= 0.3 is 0 Å². The van der Waals surface area contributed by atoms with Crippen molar-refractivity contribution in [1.29, 1.82) is 0 Å². The maximum atomic E-state index is 4.08. The molecule has 0 radical (unpaired) electrons. The molecule has 0 saturated heterocycles. The molecule has 0 N–H and O–H groups in total. The molecule has 0 unspecified atom stereocenters. The summed E-state index contributed by atoms with van der Waals surface area (Å²) in [6.45, 7) is 11.1. The minimum absolute atomic E-state index is 0.811. The molecule has 0 bridgehead atoms. The van der Waals surface area contributed by atoms with Crippen LogP contribution in [0, 0.1) is 0 Å². The molecule has 0 aliphatic carbocycles. The molecule has 0 saturated carbocycles. The molecule has 1 aromatic carbocycles. The maximum absolute atomic E-state index is 4.08. The Morgan fingerprint density at radius 2 is 2.06 bits per heavy atom. The van der Waals surface area contributed by atoms with Gasteiger partial charge in [-0.25, -0.2) is 0 Å². The second-order valence-corrected chi connectivity index (χ2v) is 3.35. The lowest BCUT2D eigenvalue weighted by Gasteiger charge is -2.08. The standard InChI is InChI=1S/C15H16N2/c1-5-8-12(6-2)14-10-7-9-13(11-16-3)15(14)17-4/h5-11H,1-2,4H2,3H3/b12-8+,16-11?. The molecule has 0 amide bonds. The normalized spacial score (nSPS) is 11.5. The van der Waals surface area contributed by atoms with Gasteiger partial charge in [-0.15, -0.1) is 0 Å². The van der Waals surface area contributed by atoms with Crippen LogP contribution >= 0.6 is 0 Å². The van der Waals surface area contributed by atoms with Crippen LogP contribution < -0.4 is 0 Å². The van der Waals surface area contributed by atoms with Crippen LogP contribution in [0.1, 0.15) is 11.1 Å². The van der Waals surface area contributed by atoms with Crippen LogP contribution in [0.5, 0.6) is 0 Å². The molecule has 0 atom stereocenters. The van der Waals surface area contributed by atoms with Gasteiger partial charge in [0.25, 0.3) is 0 Å². The van der Waals surface area contributed by atoms with Gasteiger partial charge in [-0.3, -0.25) is 9.98 Å². The molecule has 0 fully saturated rings. The number of nitrogens with zero attached hydrogens (tertiary/aromatic N) is 2. The zero-order valence-corrected chi connectivity index (χ0v) is 10.1. The van der Waals surface area contributed by atoms with Crippen molar-refractivity contribution in [3.63, 3.8) is 0 Å². The number of rotatable bonds is 5. The van der Waals surface area contributed by atoms with Gasteiger partial charge in [0.15, 0.2) is 0 Å². The molecule has 2 nitrogen and oxygen atoms in total. The molecule has 0 aromatic heterocycles. The van der Waals surface area contributed by atoms with E-state index < -0.39 is 0 Å². The molecule has 1 rings (SSSR count). The van der Waals surface area contributed by atoms with E-state index in [1.54, 1.807) is 25.4 Å². The van der Waals surface area contributed by atoms with Crippen LogP contribution in [0.15, 0.2) is 59.6 Å². The van der Waals surface area contributed by atoms with E-state index in [1.165, 1.54) is 0 Å². The van der Waals surface area contributed by atoms with Crippen LogP contribution in [-0.4, -0.2) is 20.0 Å². The van der Waals surface area contributed by atoms with E-state index in [2.05, 4.69) is 29.9 Å². The Morgan fingerprint density at radius 3 is 2.59 bits per heavy atom. The first-order valence-electron chi connectivity index (χ1n) is 5.26. The summed E-state index contributed by atoms with van der Waals surface area (Å²) >= 11 is 0. The topological polar surface area (TPSA) is 24.7 Å². The third-order valence-corrected chi connectivity index (χ3v) is 2.32. The highest BCUT2D eigenvalue weighted by Gasteiger charge is 2.07. The lowest BCUT2D eigenvalue weighted by atomic mass is 10.00. The summed E-state index contributed by atoms with van der Waals surface area (Å²) in [6, 6.07) is 5.89. The van der Waals surface area contributed by atoms with E-state index in [4.69, 9.17) is 0 Å². The molecule has 0 aliphatic rings. The Balaban J connectivity index is 3.47. The van der Waals surface area contributed by atoms with Gasteiger partial charge in [0, 0.05) is 24.4 Å². The third kappa shape index (κ3) is 2.88. The monoisotopic (exact) mass is 224 g/mol. The SMILES string of the molecule is C=C/C=C(\C=C)c1cccc(C=NC)c1N=C. The van der Waals surface area contributed by atoms with Crippen LogP contribution in [0.3, 0.4) is 0 Å². The van der Waals surface area contributed by atoms with Gasteiger partial charge in [-0.2, -0.15) is 0 Å². The van der Waals surface area contributed by atoms with Crippen LogP contribution in [0.4, 0.5) is 5.69 Å². The second kappa shape index (κ2) is 6.38. The largest absolute Gasteiger partial charge is 0.296 e. The van der Waals surface area contributed by atoms with Crippen molar-refractivity contribution < 1.29 is 0 Å². The fourth-order valence-electron chi connectivity index (χ4n) is 1.61. The zero-order chi connectivity index (χ0) is 12.7. The highest BCUT2D eigenvalue weighted by atomic mass is 14.7. The number of benzene rings is 1. The summed E-state index contributed by atoms with van der Waals surface area (Å²) in [5.41, 5.74) is 3.70. The number of aliphatic imine (C=N–C) groups is 2. The molecule has 0 aliphatic heterocycles. The zero-order valence-electron chi connectivity index (χ0n) is 10.1. The fraction of sp³-hybridized carbons (Fsp3) is 0.0667. The van der Waals surface area contributed by atoms with Crippen LogP contribution in [0.2, 0.25) is 0 Å². The van der Waals surface area contributed by atoms with Crippen LogP contribution in [0.25, 0.3) is 5.57 Å². The Hall–Kier alpha value is -2.22. The first kappa shape index (κ1) is 12.8. The molecular weight excluding hydrogens is 208 g/mol. The lowest BCUT2D eigenvalue weighted by Crippen LogP contribution is -1.88. The van der Waals surface area contributed by atoms with Crippen molar-refractivity contribution >= 4 is 24.2 Å². The van der Waals surface area contributed by atoms with Gasteiger partial charge in [-0.05, 0) is 12.3 Å². The van der Waals surface area contributed by atoms with Crippen molar-refractivity contribution in [3.05, 3.63) is 60.7 Å². The number of hydrogen-bond donors (Lipinski definition) is 0. The minimum atomic E-state index is 0.811. The molecule has 0 heterocycles. The Bertz CT molecular complexity index is 494. The summed E-state index contributed by atoms with van der Waals surface area (Å²) in [7, 11) is 1.73. The number of allylic oxidation sites excluding steroid dienone is 4. The highest BCUT2D eigenvalue weighted by Crippen LogP contribution is 2.29. The van der Waals surface area contributed by atoms with Crippen molar-refractivity contribution in [3.8, 4) is 0 Å². The molecule has 0 spiro atoms. The Kier molecular flexibility index (Phi) is 4.82. The quantitative estimate of drug-likeness (QED) is 0.536. The van der Waals surface area contributed by atoms with E-state index in [1.807, 2.05) is 24.3 Å². The van der Waals surface area contributed by atoms with Gasteiger partial charge in [0.2, 0.25) is 0 Å². The predicted octanol–water partition coefficient (Wildman–Crippen LogP) is 3.82. The first-order chi connectivity index (χ1) is 8.28. The van der Waals surface area contributed by atoms with Gasteiger partial charge in [-0.1, -0.05) is 49.6 Å². The Morgan fingerprint density at radius 1 is 1.29 bits per heavy atom. The van der Waals surface area contributed by atoms with E-state index in [0.717, 1.165) is 22.4 Å². The summed E-state index contributed by atoms with van der Waals surface area (Å²) in [4.78, 5) is 8.08. The molecular formula is C15H16N2. The summed E-state index contributed by atoms with van der Waals surface area (Å²) in [5.74, 6) is 0. The van der Waals surface area contributed by atoms with E-state index in [9.17, 15) is 0 Å². The van der Waals surface area contributed by atoms with Gasteiger partial charge in [0.1, 0.15) is 0 Å². The number of para-hydroxylation sites is 1. The molecule has 2 heteroatoms. The van der Waals surface area contributed by atoms with E-state index >= 15 is 0 Å². The average molecular weight is 224 g/mol. The van der Waals surface area contributed by atoms with Crippen molar-refractivity contribution in [1.82, 2.24) is 0 Å². The first-order valence-corrected chi connectivity index (χ1v) is 5.26. The molecule has 17 heavy (non-hydrogen) atoms. The van der Waals surface area contributed by atoms with Crippen molar-refractivity contribution in [2.24, 2.45) is 9.98 Å². The van der Waals surface area contributed by atoms with E-state index in [0.29, 0.717) is 0 Å².